The van der Waals surface area contributed by atoms with Crippen LogP contribution >= 0.6 is 11.6 Å². The second-order valence-electron chi connectivity index (χ2n) is 3.60. The monoisotopic (exact) mass is 264 g/mol. The molecule has 0 atom stereocenters. The first-order valence-electron chi connectivity index (χ1n) is 5.09. The van der Waals surface area contributed by atoms with E-state index in [4.69, 9.17) is 16.9 Å². The molecular formula is C13H7ClF2N2. The molecule has 0 radical (unpaired) electrons. The van der Waals surface area contributed by atoms with E-state index in [-0.39, 0.29) is 17.7 Å². The molecule has 0 fully saturated rings. The molecular weight excluding hydrogens is 258 g/mol. The average Bonchev–Trinajstić information content (AvgIpc) is 2.36. The van der Waals surface area contributed by atoms with E-state index >= 15 is 0 Å². The van der Waals surface area contributed by atoms with E-state index in [9.17, 15) is 8.78 Å². The third-order valence-electron chi connectivity index (χ3n) is 2.43. The Morgan fingerprint density at radius 3 is 2.83 bits per heavy atom. The van der Waals surface area contributed by atoms with Gasteiger partial charge in [0, 0.05) is 11.8 Å². The van der Waals surface area contributed by atoms with Crippen LogP contribution in [-0.4, -0.2) is 4.98 Å². The molecule has 5 heteroatoms. The second kappa shape index (κ2) is 5.11. The highest BCUT2D eigenvalue weighted by Gasteiger charge is 2.12. The predicted octanol–water partition coefficient (Wildman–Crippen LogP) is 3.75. The fourth-order valence-corrected chi connectivity index (χ4v) is 1.72. The maximum absolute atomic E-state index is 13.6. The van der Waals surface area contributed by atoms with Crippen molar-refractivity contribution in [2.24, 2.45) is 0 Å². The largest absolute Gasteiger partial charge is 0.255 e. The number of benzene rings is 1. The van der Waals surface area contributed by atoms with Crippen molar-refractivity contribution >= 4 is 11.6 Å². The lowest BCUT2D eigenvalue weighted by Gasteiger charge is -2.06. The van der Waals surface area contributed by atoms with Crippen molar-refractivity contribution in [3.8, 4) is 17.3 Å². The first-order chi connectivity index (χ1) is 8.63. The number of halogens is 3. The summed E-state index contributed by atoms with van der Waals surface area (Å²) in [5.41, 5.74) is 0.834. The molecule has 0 amide bonds. The van der Waals surface area contributed by atoms with E-state index in [0.29, 0.717) is 10.6 Å². The van der Waals surface area contributed by atoms with Crippen LogP contribution in [0, 0.1) is 23.0 Å². The van der Waals surface area contributed by atoms with Gasteiger partial charge in [-0.05, 0) is 23.8 Å². The molecule has 18 heavy (non-hydrogen) atoms. The van der Waals surface area contributed by atoms with Crippen LogP contribution in [0.15, 0.2) is 30.5 Å². The Labute approximate surface area is 107 Å². The standard InChI is InChI=1S/C13H7ClF2N2/c14-10-7-18-12(6-8(10)4-5-17)9-2-1-3-11(15)13(9)16/h1-3,6-7H,4H2. The fourth-order valence-electron chi connectivity index (χ4n) is 1.55. The van der Waals surface area contributed by atoms with Crippen LogP contribution in [0.4, 0.5) is 8.78 Å². The van der Waals surface area contributed by atoms with Crippen molar-refractivity contribution in [1.29, 1.82) is 5.26 Å². The predicted molar refractivity (Wildman–Crippen MR) is 63.9 cm³/mol. The molecule has 0 bridgehead atoms. The van der Waals surface area contributed by atoms with Gasteiger partial charge in [-0.3, -0.25) is 4.98 Å². The molecule has 90 valence electrons. The molecule has 1 aromatic carbocycles. The van der Waals surface area contributed by atoms with Crippen LogP contribution in [0.3, 0.4) is 0 Å². The van der Waals surface area contributed by atoms with Crippen LogP contribution in [0.1, 0.15) is 5.56 Å². The highest BCUT2D eigenvalue weighted by Crippen LogP contribution is 2.26. The maximum atomic E-state index is 13.6. The molecule has 0 aliphatic rings. The lowest BCUT2D eigenvalue weighted by molar-refractivity contribution is 0.511. The third kappa shape index (κ3) is 2.31. The Hall–Kier alpha value is -1.99. The summed E-state index contributed by atoms with van der Waals surface area (Å²) in [6, 6.07) is 7.29. The molecule has 0 saturated carbocycles. The smallest absolute Gasteiger partial charge is 0.168 e. The number of hydrogen-bond acceptors (Lipinski definition) is 2. The van der Waals surface area contributed by atoms with Gasteiger partial charge in [0.15, 0.2) is 11.6 Å². The molecule has 0 saturated heterocycles. The molecule has 0 aliphatic carbocycles. The third-order valence-corrected chi connectivity index (χ3v) is 2.77. The zero-order valence-electron chi connectivity index (χ0n) is 9.12. The van der Waals surface area contributed by atoms with Crippen molar-refractivity contribution < 1.29 is 8.78 Å². The maximum Gasteiger partial charge on any atom is 0.168 e. The summed E-state index contributed by atoms with van der Waals surface area (Å²) in [5, 5.41) is 8.97. The molecule has 0 unspecified atom stereocenters. The van der Waals surface area contributed by atoms with Crippen molar-refractivity contribution in [2.75, 3.05) is 0 Å². The van der Waals surface area contributed by atoms with Crippen LogP contribution < -0.4 is 0 Å². The number of aromatic nitrogens is 1. The topological polar surface area (TPSA) is 36.7 Å². The summed E-state index contributed by atoms with van der Waals surface area (Å²) < 4.78 is 26.7. The highest BCUT2D eigenvalue weighted by molar-refractivity contribution is 6.31. The van der Waals surface area contributed by atoms with E-state index in [1.54, 1.807) is 0 Å². The van der Waals surface area contributed by atoms with E-state index in [0.717, 1.165) is 6.07 Å². The van der Waals surface area contributed by atoms with Gasteiger partial charge in [0.1, 0.15) is 0 Å². The van der Waals surface area contributed by atoms with E-state index in [2.05, 4.69) is 4.98 Å². The Kier molecular flexibility index (Phi) is 3.54. The Morgan fingerprint density at radius 1 is 1.33 bits per heavy atom. The van der Waals surface area contributed by atoms with Crippen molar-refractivity contribution in [1.82, 2.24) is 4.98 Å². The normalized spacial score (nSPS) is 10.1. The molecule has 0 aliphatic heterocycles. The SMILES string of the molecule is N#CCc1cc(-c2cccc(F)c2F)ncc1Cl. The van der Waals surface area contributed by atoms with Crippen LogP contribution in [0.25, 0.3) is 11.3 Å². The van der Waals surface area contributed by atoms with Gasteiger partial charge in [0.2, 0.25) is 0 Å². The van der Waals surface area contributed by atoms with Gasteiger partial charge >= 0.3 is 0 Å². The number of pyridine rings is 1. The van der Waals surface area contributed by atoms with Crippen LogP contribution in [-0.2, 0) is 6.42 Å². The lowest BCUT2D eigenvalue weighted by atomic mass is 10.1. The van der Waals surface area contributed by atoms with E-state index in [1.807, 2.05) is 6.07 Å². The van der Waals surface area contributed by atoms with Gasteiger partial charge in [-0.15, -0.1) is 0 Å². The minimum Gasteiger partial charge on any atom is -0.255 e. The van der Waals surface area contributed by atoms with Gasteiger partial charge in [0.25, 0.3) is 0 Å². The minimum atomic E-state index is -0.963. The van der Waals surface area contributed by atoms with Gasteiger partial charge < -0.3 is 0 Å². The summed E-state index contributed by atoms with van der Waals surface area (Å²) >= 11 is 5.85. The Bertz CT molecular complexity index is 635. The Balaban J connectivity index is 2.55. The second-order valence-corrected chi connectivity index (χ2v) is 4.00. The summed E-state index contributed by atoms with van der Waals surface area (Å²) in [5.74, 6) is -1.90. The van der Waals surface area contributed by atoms with E-state index in [1.165, 1.54) is 24.4 Å². The summed E-state index contributed by atoms with van der Waals surface area (Å²) in [4.78, 5) is 3.95. The van der Waals surface area contributed by atoms with Crippen molar-refractivity contribution in [2.45, 2.75) is 6.42 Å². The van der Waals surface area contributed by atoms with Crippen molar-refractivity contribution in [3.63, 3.8) is 0 Å². The zero-order valence-corrected chi connectivity index (χ0v) is 9.88. The van der Waals surface area contributed by atoms with E-state index < -0.39 is 11.6 Å². The molecule has 1 heterocycles. The first-order valence-corrected chi connectivity index (χ1v) is 5.47. The van der Waals surface area contributed by atoms with Crippen LogP contribution in [0.2, 0.25) is 5.02 Å². The summed E-state index contributed by atoms with van der Waals surface area (Å²) in [6.45, 7) is 0. The fraction of sp³-hybridized carbons (Fsp3) is 0.0769. The van der Waals surface area contributed by atoms with Gasteiger partial charge in [-0.1, -0.05) is 17.7 Å². The average molecular weight is 265 g/mol. The van der Waals surface area contributed by atoms with Gasteiger partial charge in [-0.25, -0.2) is 8.78 Å². The quantitative estimate of drug-likeness (QED) is 0.828. The molecule has 1 aromatic heterocycles. The minimum absolute atomic E-state index is 0.0471. The van der Waals surface area contributed by atoms with Crippen molar-refractivity contribution in [3.05, 3.63) is 52.7 Å². The molecule has 2 aromatic rings. The number of nitriles is 1. The lowest BCUT2D eigenvalue weighted by Crippen LogP contribution is -1.94. The van der Waals surface area contributed by atoms with Gasteiger partial charge in [-0.2, -0.15) is 5.26 Å². The zero-order chi connectivity index (χ0) is 13.1. The number of nitrogens with zero attached hydrogens (tertiary/aromatic N) is 2. The highest BCUT2D eigenvalue weighted by atomic mass is 35.5. The van der Waals surface area contributed by atoms with Gasteiger partial charge in [0.05, 0.1) is 23.2 Å². The van der Waals surface area contributed by atoms with Crippen LogP contribution in [0.5, 0.6) is 0 Å². The summed E-state index contributed by atoms with van der Waals surface area (Å²) in [6.07, 6.45) is 1.42. The Morgan fingerprint density at radius 2 is 2.11 bits per heavy atom. The molecule has 2 rings (SSSR count). The summed E-state index contributed by atoms with van der Waals surface area (Å²) in [7, 11) is 0. The molecule has 2 nitrogen and oxygen atoms in total. The molecule has 0 N–H and O–H groups in total. The first kappa shape index (κ1) is 12.5. The molecule has 0 spiro atoms. The number of hydrogen-bond donors (Lipinski definition) is 0. The number of rotatable bonds is 2.